The van der Waals surface area contributed by atoms with Gasteiger partial charge in [-0.25, -0.2) is 0 Å². The van der Waals surface area contributed by atoms with Crippen LogP contribution in [0.25, 0.3) is 10.8 Å². The molecule has 0 saturated heterocycles. The van der Waals surface area contributed by atoms with Crippen LogP contribution in [-0.4, -0.2) is 37.4 Å². The van der Waals surface area contributed by atoms with Gasteiger partial charge in [-0.1, -0.05) is 41.4 Å². The number of fused-ring (bicyclic) bond motifs is 1. The number of halogens is 2. The normalized spacial score (nSPS) is 10.6. The first-order chi connectivity index (χ1) is 13.9. The minimum absolute atomic E-state index is 0.126. The number of hydrogen-bond acceptors (Lipinski definition) is 3. The highest BCUT2D eigenvalue weighted by atomic mass is 35.5. The van der Waals surface area contributed by atoms with Gasteiger partial charge in [0.25, 0.3) is 5.91 Å². The van der Waals surface area contributed by atoms with Crippen LogP contribution in [0.4, 0.5) is 0 Å². The molecule has 0 saturated carbocycles. The van der Waals surface area contributed by atoms with Gasteiger partial charge in [0.05, 0.1) is 24.2 Å². The average molecular weight is 431 g/mol. The van der Waals surface area contributed by atoms with Crippen LogP contribution in [0.5, 0.6) is 5.75 Å². The summed E-state index contributed by atoms with van der Waals surface area (Å²) < 4.78 is 5.24. The molecule has 3 aromatic rings. The lowest BCUT2D eigenvalue weighted by atomic mass is 10.1. The molecular weight excluding hydrogens is 411 g/mol. The highest BCUT2D eigenvalue weighted by Gasteiger charge is 2.14. The van der Waals surface area contributed by atoms with Crippen molar-refractivity contribution in [3.8, 4) is 5.75 Å². The Bertz CT molecular complexity index is 1070. The van der Waals surface area contributed by atoms with Crippen LogP contribution in [0, 0.1) is 0 Å². The summed E-state index contributed by atoms with van der Waals surface area (Å²) in [5.74, 6) is 0.167. The summed E-state index contributed by atoms with van der Waals surface area (Å²) in [7, 11) is 3.33. The van der Waals surface area contributed by atoms with E-state index >= 15 is 0 Å². The van der Waals surface area contributed by atoms with E-state index in [-0.39, 0.29) is 23.0 Å². The van der Waals surface area contributed by atoms with Gasteiger partial charge in [-0.05, 0) is 52.7 Å². The fraction of sp³-hybridized carbons (Fsp3) is 0.182. The number of carbonyl (C=O) groups excluding carboxylic acids is 2. The van der Waals surface area contributed by atoms with Crippen LogP contribution >= 0.6 is 23.2 Å². The fourth-order valence-electron chi connectivity index (χ4n) is 2.92. The summed E-state index contributed by atoms with van der Waals surface area (Å²) in [4.78, 5) is 26.2. The average Bonchev–Trinajstić information content (AvgIpc) is 2.71. The monoisotopic (exact) mass is 430 g/mol. The highest BCUT2D eigenvalue weighted by Crippen LogP contribution is 2.23. The van der Waals surface area contributed by atoms with Crippen molar-refractivity contribution in [3.05, 3.63) is 75.8 Å². The van der Waals surface area contributed by atoms with E-state index in [1.807, 2.05) is 36.4 Å². The minimum atomic E-state index is -0.423. The summed E-state index contributed by atoms with van der Waals surface area (Å²) in [6.45, 7) is 0.303. The molecule has 3 aromatic carbocycles. The number of hydrogen-bond donors (Lipinski definition) is 1. The van der Waals surface area contributed by atoms with Crippen molar-refractivity contribution in [3.63, 3.8) is 0 Å². The van der Waals surface area contributed by atoms with E-state index in [9.17, 15) is 9.59 Å². The lowest BCUT2D eigenvalue weighted by Crippen LogP contribution is -2.37. The zero-order valence-electron chi connectivity index (χ0n) is 16.0. The summed E-state index contributed by atoms with van der Waals surface area (Å²) >= 11 is 11.9. The number of methoxy groups -OCH3 is 1. The molecule has 1 N–H and O–H groups in total. The predicted molar refractivity (Wildman–Crippen MR) is 116 cm³/mol. The van der Waals surface area contributed by atoms with Crippen molar-refractivity contribution in [1.82, 2.24) is 10.2 Å². The second kappa shape index (κ2) is 9.16. The Balaban J connectivity index is 1.60. The van der Waals surface area contributed by atoms with Crippen molar-refractivity contribution in [1.29, 1.82) is 0 Å². The SMILES string of the molecule is COc1ccc2cc(CN(C)C(=O)CNC(=O)c3ccc(Cl)cc3Cl)ccc2c1. The van der Waals surface area contributed by atoms with Crippen LogP contribution in [0.1, 0.15) is 15.9 Å². The Hall–Kier alpha value is -2.76. The van der Waals surface area contributed by atoms with Crippen LogP contribution in [0.2, 0.25) is 10.0 Å². The lowest BCUT2D eigenvalue weighted by Gasteiger charge is -2.18. The Labute approximate surface area is 179 Å². The van der Waals surface area contributed by atoms with Crippen molar-refractivity contribution in [2.45, 2.75) is 6.54 Å². The highest BCUT2D eigenvalue weighted by molar-refractivity contribution is 6.36. The maximum Gasteiger partial charge on any atom is 0.253 e. The van der Waals surface area contributed by atoms with E-state index < -0.39 is 5.91 Å². The van der Waals surface area contributed by atoms with Gasteiger partial charge in [0, 0.05) is 18.6 Å². The molecule has 0 aliphatic carbocycles. The van der Waals surface area contributed by atoms with E-state index in [2.05, 4.69) is 5.32 Å². The molecule has 0 spiro atoms. The zero-order chi connectivity index (χ0) is 21.0. The number of likely N-dealkylation sites (N-methyl/N-ethyl adjacent to an activating group) is 1. The van der Waals surface area contributed by atoms with Crippen molar-refractivity contribution >= 4 is 45.8 Å². The Morgan fingerprint density at radius 2 is 1.72 bits per heavy atom. The summed E-state index contributed by atoms with van der Waals surface area (Å²) in [5, 5.41) is 5.41. The molecule has 3 rings (SSSR count). The number of carbonyl (C=O) groups is 2. The van der Waals surface area contributed by atoms with Crippen LogP contribution in [0.3, 0.4) is 0 Å². The molecular formula is C22H20Cl2N2O3. The van der Waals surface area contributed by atoms with Gasteiger partial charge in [-0.3, -0.25) is 9.59 Å². The molecule has 0 aliphatic rings. The fourth-order valence-corrected chi connectivity index (χ4v) is 3.41. The number of rotatable bonds is 6. The molecule has 0 unspecified atom stereocenters. The standard InChI is InChI=1S/C22H20Cl2N2O3/c1-26(13-14-3-4-16-10-18(29-2)7-5-15(16)9-14)21(27)12-25-22(28)19-8-6-17(23)11-20(19)24/h3-11H,12-13H2,1-2H3,(H,25,28). The molecule has 0 radical (unpaired) electrons. The van der Waals surface area contributed by atoms with Gasteiger partial charge in [0.1, 0.15) is 5.75 Å². The second-order valence-electron chi connectivity index (χ2n) is 6.60. The molecule has 0 bridgehead atoms. The molecule has 0 heterocycles. The van der Waals surface area contributed by atoms with Crippen molar-refractivity contribution in [2.24, 2.45) is 0 Å². The van der Waals surface area contributed by atoms with Gasteiger partial charge in [0.2, 0.25) is 5.91 Å². The van der Waals surface area contributed by atoms with E-state index in [1.54, 1.807) is 25.1 Å². The van der Waals surface area contributed by atoms with E-state index in [4.69, 9.17) is 27.9 Å². The Morgan fingerprint density at radius 1 is 1.00 bits per heavy atom. The first-order valence-electron chi connectivity index (χ1n) is 8.91. The molecule has 150 valence electrons. The molecule has 7 heteroatoms. The van der Waals surface area contributed by atoms with E-state index in [0.29, 0.717) is 11.6 Å². The third kappa shape index (κ3) is 5.19. The third-order valence-electron chi connectivity index (χ3n) is 4.53. The van der Waals surface area contributed by atoms with Gasteiger partial charge in [-0.2, -0.15) is 0 Å². The molecule has 0 atom stereocenters. The molecule has 2 amide bonds. The van der Waals surface area contributed by atoms with Crippen molar-refractivity contribution in [2.75, 3.05) is 20.7 Å². The Morgan fingerprint density at radius 3 is 2.45 bits per heavy atom. The van der Waals surface area contributed by atoms with Gasteiger partial charge in [0.15, 0.2) is 0 Å². The van der Waals surface area contributed by atoms with Gasteiger partial charge < -0.3 is 15.0 Å². The van der Waals surface area contributed by atoms with Crippen LogP contribution in [0.15, 0.2) is 54.6 Å². The maximum atomic E-state index is 12.4. The summed E-state index contributed by atoms with van der Waals surface area (Å²) in [6, 6.07) is 16.4. The number of nitrogens with one attached hydrogen (secondary N) is 1. The van der Waals surface area contributed by atoms with Gasteiger partial charge in [-0.15, -0.1) is 0 Å². The molecule has 5 nitrogen and oxygen atoms in total. The third-order valence-corrected chi connectivity index (χ3v) is 5.08. The number of ether oxygens (including phenoxy) is 1. The first-order valence-corrected chi connectivity index (χ1v) is 9.67. The quantitative estimate of drug-likeness (QED) is 0.624. The molecule has 0 aliphatic heterocycles. The zero-order valence-corrected chi connectivity index (χ0v) is 17.6. The number of nitrogens with zero attached hydrogens (tertiary/aromatic N) is 1. The summed E-state index contributed by atoms with van der Waals surface area (Å²) in [6.07, 6.45) is 0. The molecule has 29 heavy (non-hydrogen) atoms. The Kier molecular flexibility index (Phi) is 6.62. The van der Waals surface area contributed by atoms with Crippen LogP contribution in [-0.2, 0) is 11.3 Å². The summed E-state index contributed by atoms with van der Waals surface area (Å²) in [5.41, 5.74) is 1.27. The minimum Gasteiger partial charge on any atom is -0.497 e. The van der Waals surface area contributed by atoms with Crippen molar-refractivity contribution < 1.29 is 14.3 Å². The van der Waals surface area contributed by atoms with Gasteiger partial charge >= 0.3 is 0 Å². The van der Waals surface area contributed by atoms with Crippen LogP contribution < -0.4 is 10.1 Å². The van der Waals surface area contributed by atoms with E-state index in [1.165, 1.54) is 12.1 Å². The maximum absolute atomic E-state index is 12.4. The number of benzene rings is 3. The number of amides is 2. The molecule has 0 fully saturated rings. The first kappa shape index (κ1) is 21.0. The second-order valence-corrected chi connectivity index (χ2v) is 7.45. The van der Waals surface area contributed by atoms with E-state index in [0.717, 1.165) is 22.1 Å². The topological polar surface area (TPSA) is 58.6 Å². The smallest absolute Gasteiger partial charge is 0.253 e. The predicted octanol–water partition coefficient (Wildman–Crippen LogP) is 4.54. The molecule has 0 aromatic heterocycles. The largest absolute Gasteiger partial charge is 0.497 e. The lowest BCUT2D eigenvalue weighted by molar-refractivity contribution is -0.129.